The molecule has 0 saturated carbocycles. The van der Waals surface area contributed by atoms with Gasteiger partial charge in [-0.2, -0.15) is 0 Å². The Bertz CT molecular complexity index is 2870. The molecule has 6 aromatic carbocycles. The van der Waals surface area contributed by atoms with Crippen LogP contribution >= 0.6 is 0 Å². The molecule has 0 unspecified atom stereocenters. The Balaban J connectivity index is 1.06. The molecule has 3 nitrogen and oxygen atoms in total. The molecule has 0 bridgehead atoms. The first-order chi connectivity index (χ1) is 23.5. The number of hydrogen-bond donors (Lipinski definition) is 0. The molecule has 2 aliphatic rings. The molecule has 0 amide bonds. The van der Waals surface area contributed by atoms with E-state index in [0.29, 0.717) is 0 Å². The first kappa shape index (κ1) is 26.3. The van der Waals surface area contributed by atoms with Gasteiger partial charge in [0.15, 0.2) is 0 Å². The van der Waals surface area contributed by atoms with Gasteiger partial charge in [0, 0.05) is 49.7 Å². The number of nitrogens with zero attached hydrogens (tertiary/aromatic N) is 1. The maximum absolute atomic E-state index is 6.65. The highest BCUT2D eigenvalue weighted by atomic mass is 16.3. The van der Waals surface area contributed by atoms with Crippen LogP contribution in [0.15, 0.2) is 130 Å². The number of hydrogen-bond acceptors (Lipinski definition) is 2. The van der Waals surface area contributed by atoms with Crippen molar-refractivity contribution in [3.63, 3.8) is 0 Å². The van der Waals surface area contributed by atoms with Crippen molar-refractivity contribution in [3.05, 3.63) is 149 Å². The lowest BCUT2D eigenvalue weighted by atomic mass is 9.82. The summed E-state index contributed by atoms with van der Waals surface area (Å²) >= 11 is 0. The van der Waals surface area contributed by atoms with E-state index < -0.39 is 0 Å². The Hall–Kier alpha value is -5.80. The lowest BCUT2D eigenvalue weighted by molar-refractivity contribution is 0.596. The molecule has 0 saturated heterocycles. The van der Waals surface area contributed by atoms with Crippen molar-refractivity contribution in [2.24, 2.45) is 0 Å². The Morgan fingerprint density at radius 2 is 1.31 bits per heavy atom. The zero-order valence-electron chi connectivity index (χ0n) is 26.8. The molecule has 0 aliphatic heterocycles. The predicted molar refractivity (Wildman–Crippen MR) is 198 cm³/mol. The van der Waals surface area contributed by atoms with Crippen molar-refractivity contribution in [1.82, 2.24) is 4.57 Å². The van der Waals surface area contributed by atoms with Gasteiger partial charge in [-0.25, -0.2) is 0 Å². The number of benzene rings is 6. The van der Waals surface area contributed by atoms with Crippen LogP contribution in [-0.4, -0.2) is 4.57 Å². The molecule has 48 heavy (non-hydrogen) atoms. The van der Waals surface area contributed by atoms with Gasteiger partial charge in [0.25, 0.3) is 0 Å². The van der Waals surface area contributed by atoms with Crippen LogP contribution in [0.3, 0.4) is 0 Å². The fourth-order valence-electron chi connectivity index (χ4n) is 8.76. The van der Waals surface area contributed by atoms with E-state index in [1.807, 2.05) is 6.07 Å². The van der Waals surface area contributed by atoms with Crippen molar-refractivity contribution in [2.45, 2.75) is 32.1 Å². The SMILES string of the molecule is CC1(C)c2ccccc2-c2cc3c4ccccc4n(-c4ccc5c(c4)oc4cc(C6=Cc7oc8ccccc8c7CC6)ccc45)c3cc21. The highest BCUT2D eigenvalue weighted by Crippen LogP contribution is 2.51. The van der Waals surface area contributed by atoms with Crippen molar-refractivity contribution >= 4 is 66.4 Å². The molecule has 11 rings (SSSR count). The van der Waals surface area contributed by atoms with Gasteiger partial charge >= 0.3 is 0 Å². The van der Waals surface area contributed by atoms with Crippen molar-refractivity contribution in [3.8, 4) is 16.8 Å². The van der Waals surface area contributed by atoms with E-state index in [-0.39, 0.29) is 5.41 Å². The Morgan fingerprint density at radius 3 is 2.23 bits per heavy atom. The van der Waals surface area contributed by atoms with Gasteiger partial charge in [-0.15, -0.1) is 0 Å². The van der Waals surface area contributed by atoms with Gasteiger partial charge in [-0.1, -0.05) is 80.6 Å². The van der Waals surface area contributed by atoms with E-state index in [0.717, 1.165) is 51.8 Å². The molecule has 3 aromatic heterocycles. The predicted octanol–water partition coefficient (Wildman–Crippen LogP) is 12.2. The second-order valence-corrected chi connectivity index (χ2v) is 14.0. The van der Waals surface area contributed by atoms with E-state index in [1.165, 1.54) is 66.1 Å². The molecular formula is C45H31NO2. The topological polar surface area (TPSA) is 31.2 Å². The average Bonchev–Trinajstić information content (AvgIpc) is 3.83. The molecule has 0 N–H and O–H groups in total. The van der Waals surface area contributed by atoms with E-state index in [2.05, 4.69) is 140 Å². The molecule has 0 atom stereocenters. The smallest absolute Gasteiger partial charge is 0.137 e. The summed E-state index contributed by atoms with van der Waals surface area (Å²) in [6.45, 7) is 4.70. The summed E-state index contributed by atoms with van der Waals surface area (Å²) in [5.74, 6) is 0.982. The van der Waals surface area contributed by atoms with Gasteiger partial charge in [0.05, 0.1) is 11.0 Å². The zero-order chi connectivity index (χ0) is 31.7. The van der Waals surface area contributed by atoms with E-state index in [9.17, 15) is 0 Å². The molecule has 9 aromatic rings. The first-order valence-corrected chi connectivity index (χ1v) is 16.9. The monoisotopic (exact) mass is 617 g/mol. The minimum atomic E-state index is -0.0679. The van der Waals surface area contributed by atoms with E-state index in [4.69, 9.17) is 8.83 Å². The van der Waals surface area contributed by atoms with E-state index >= 15 is 0 Å². The molecule has 0 fully saturated rings. The maximum atomic E-state index is 6.65. The summed E-state index contributed by atoms with van der Waals surface area (Å²) in [6.07, 6.45) is 4.18. The van der Waals surface area contributed by atoms with Crippen LogP contribution in [0.25, 0.3) is 83.2 Å². The quantitative estimate of drug-likeness (QED) is 0.193. The summed E-state index contributed by atoms with van der Waals surface area (Å²) < 4.78 is 15.3. The first-order valence-electron chi connectivity index (χ1n) is 16.9. The maximum Gasteiger partial charge on any atom is 0.137 e. The van der Waals surface area contributed by atoms with Crippen molar-refractivity contribution in [1.29, 1.82) is 0 Å². The Kier molecular flexibility index (Phi) is 5.02. The van der Waals surface area contributed by atoms with Crippen LogP contribution in [0.5, 0.6) is 0 Å². The molecule has 0 radical (unpaired) electrons. The standard InChI is InChI=1S/C45H31NO2/c1-45(2)37-12-6-3-9-29(37)35-24-36-30-10-4-7-13-39(30)46(40(36)25-38(35)45)28-17-20-34-33-19-16-27(22-43(33)48-44(34)23-28)26-15-18-32-31-11-5-8-14-41(31)47-42(32)21-26/h3-14,16-17,19-25H,15,18H2,1-2H3. The number of allylic oxidation sites excluding steroid dienone is 1. The third kappa shape index (κ3) is 3.43. The fourth-order valence-corrected chi connectivity index (χ4v) is 8.76. The van der Waals surface area contributed by atoms with Gasteiger partial charge in [0.2, 0.25) is 0 Å². The van der Waals surface area contributed by atoms with Gasteiger partial charge in [0.1, 0.15) is 22.5 Å². The summed E-state index contributed by atoms with van der Waals surface area (Å²) in [4.78, 5) is 0. The highest BCUT2D eigenvalue weighted by molar-refractivity contribution is 6.12. The highest BCUT2D eigenvalue weighted by Gasteiger charge is 2.36. The summed E-state index contributed by atoms with van der Waals surface area (Å²) in [7, 11) is 0. The number of aromatic nitrogens is 1. The van der Waals surface area contributed by atoms with Crippen LogP contribution in [0.4, 0.5) is 0 Å². The van der Waals surface area contributed by atoms with Gasteiger partial charge in [-0.3, -0.25) is 0 Å². The molecule has 0 spiro atoms. The molecule has 228 valence electrons. The number of para-hydroxylation sites is 2. The lowest BCUT2D eigenvalue weighted by Gasteiger charge is -2.21. The van der Waals surface area contributed by atoms with Crippen LogP contribution in [0.2, 0.25) is 0 Å². The largest absolute Gasteiger partial charge is 0.456 e. The summed E-state index contributed by atoms with van der Waals surface area (Å²) in [6, 6.07) is 44.2. The van der Waals surface area contributed by atoms with E-state index in [1.54, 1.807) is 0 Å². The normalized spacial score (nSPS) is 15.0. The van der Waals surface area contributed by atoms with Gasteiger partial charge in [-0.05, 0) is 101 Å². The number of furan rings is 2. The molecule has 3 heteroatoms. The number of aryl methyl sites for hydroxylation is 1. The van der Waals surface area contributed by atoms with Crippen molar-refractivity contribution in [2.75, 3.05) is 0 Å². The minimum Gasteiger partial charge on any atom is -0.456 e. The van der Waals surface area contributed by atoms with Gasteiger partial charge < -0.3 is 13.4 Å². The minimum absolute atomic E-state index is 0.0679. The number of rotatable bonds is 2. The Labute approximate surface area is 277 Å². The van der Waals surface area contributed by atoms with Crippen LogP contribution in [-0.2, 0) is 11.8 Å². The van der Waals surface area contributed by atoms with Crippen LogP contribution < -0.4 is 0 Å². The molecular weight excluding hydrogens is 587 g/mol. The van der Waals surface area contributed by atoms with Crippen LogP contribution in [0, 0.1) is 0 Å². The second-order valence-electron chi connectivity index (χ2n) is 14.0. The third-order valence-electron chi connectivity index (χ3n) is 11.1. The average molecular weight is 618 g/mol. The lowest BCUT2D eigenvalue weighted by Crippen LogP contribution is -2.14. The second kappa shape index (κ2) is 9.17. The third-order valence-corrected chi connectivity index (χ3v) is 11.1. The summed E-state index contributed by atoms with van der Waals surface area (Å²) in [5, 5.41) is 6.05. The van der Waals surface area contributed by atoms with Crippen LogP contribution in [0.1, 0.15) is 48.3 Å². The van der Waals surface area contributed by atoms with Crippen molar-refractivity contribution < 1.29 is 8.83 Å². The molecule has 2 aliphatic carbocycles. The zero-order valence-corrected chi connectivity index (χ0v) is 26.8. The summed E-state index contributed by atoms with van der Waals surface area (Å²) in [5.41, 5.74) is 15.5. The molecule has 3 heterocycles. The number of fused-ring (bicyclic) bond motifs is 12. The fraction of sp³-hybridized carbons (Fsp3) is 0.111. The Morgan fingerprint density at radius 1 is 0.542 bits per heavy atom.